The van der Waals surface area contributed by atoms with Gasteiger partial charge in [0.1, 0.15) is 12.5 Å². The van der Waals surface area contributed by atoms with E-state index in [0.29, 0.717) is 12.3 Å². The molecule has 0 aromatic heterocycles. The second-order valence-electron chi connectivity index (χ2n) is 5.10. The molecular weight excluding hydrogens is 284 g/mol. The standard InChI is InChI=1S/C16H20N2O4/c1-10-6-4-5-7-12(10)14-13(11(2)17-16(20)18-14)15(19)22-9-8-21-3/h4-7,13-14H,2,8-9H2,1,3H3,(H2,17,18,20)/t13-,14+/m1/s1. The van der Waals surface area contributed by atoms with E-state index in [2.05, 4.69) is 17.2 Å². The molecule has 0 saturated carbocycles. The topological polar surface area (TPSA) is 76.7 Å². The quantitative estimate of drug-likeness (QED) is 0.641. The molecule has 118 valence electrons. The van der Waals surface area contributed by atoms with E-state index in [0.717, 1.165) is 11.1 Å². The van der Waals surface area contributed by atoms with Crippen LogP contribution >= 0.6 is 0 Å². The number of ether oxygens (including phenoxy) is 2. The average molecular weight is 304 g/mol. The number of hydrogen-bond acceptors (Lipinski definition) is 4. The lowest BCUT2D eigenvalue weighted by Gasteiger charge is -2.34. The molecule has 2 rings (SSSR count). The first kappa shape index (κ1) is 16.0. The summed E-state index contributed by atoms with van der Waals surface area (Å²) in [6, 6.07) is 6.71. The molecule has 6 heteroatoms. The third kappa shape index (κ3) is 3.46. The van der Waals surface area contributed by atoms with Gasteiger partial charge in [0.25, 0.3) is 0 Å². The maximum atomic E-state index is 12.4. The van der Waals surface area contributed by atoms with Gasteiger partial charge in [-0.25, -0.2) is 4.79 Å². The molecule has 1 aliphatic heterocycles. The molecule has 6 nitrogen and oxygen atoms in total. The number of urea groups is 1. The van der Waals surface area contributed by atoms with Crippen LogP contribution in [-0.4, -0.2) is 32.3 Å². The summed E-state index contributed by atoms with van der Waals surface area (Å²) in [4.78, 5) is 24.1. The Morgan fingerprint density at radius 1 is 1.32 bits per heavy atom. The SMILES string of the molecule is C=C1NC(=O)N[C@@H](c2ccccc2C)[C@@H]1C(=O)OCCOC. The Bertz CT molecular complexity index is 585. The van der Waals surface area contributed by atoms with Gasteiger partial charge in [0, 0.05) is 12.8 Å². The van der Waals surface area contributed by atoms with Gasteiger partial charge in [-0.15, -0.1) is 0 Å². The first-order chi connectivity index (χ1) is 10.5. The van der Waals surface area contributed by atoms with E-state index in [9.17, 15) is 9.59 Å². The molecular formula is C16H20N2O4. The summed E-state index contributed by atoms with van der Waals surface area (Å²) in [5, 5.41) is 5.33. The molecule has 0 unspecified atom stereocenters. The van der Waals surface area contributed by atoms with Crippen LogP contribution in [0.25, 0.3) is 0 Å². The first-order valence-electron chi connectivity index (χ1n) is 7.02. The van der Waals surface area contributed by atoms with E-state index in [-0.39, 0.29) is 12.6 Å². The van der Waals surface area contributed by atoms with E-state index in [1.165, 1.54) is 7.11 Å². The van der Waals surface area contributed by atoms with E-state index in [1.54, 1.807) is 0 Å². The Hall–Kier alpha value is -2.34. The smallest absolute Gasteiger partial charge is 0.319 e. The fourth-order valence-electron chi connectivity index (χ4n) is 2.47. The molecule has 0 spiro atoms. The van der Waals surface area contributed by atoms with Gasteiger partial charge >= 0.3 is 12.0 Å². The minimum absolute atomic E-state index is 0.160. The van der Waals surface area contributed by atoms with Crippen molar-refractivity contribution in [3.05, 3.63) is 47.7 Å². The summed E-state index contributed by atoms with van der Waals surface area (Å²) in [6.07, 6.45) is 0. The van der Waals surface area contributed by atoms with E-state index in [4.69, 9.17) is 9.47 Å². The van der Waals surface area contributed by atoms with Crippen LogP contribution in [0, 0.1) is 12.8 Å². The Morgan fingerprint density at radius 3 is 2.73 bits per heavy atom. The third-order valence-corrected chi connectivity index (χ3v) is 3.58. The number of rotatable bonds is 5. The van der Waals surface area contributed by atoms with Crippen LogP contribution in [0.2, 0.25) is 0 Å². The number of hydrogen-bond donors (Lipinski definition) is 2. The van der Waals surface area contributed by atoms with Crippen molar-refractivity contribution in [3.63, 3.8) is 0 Å². The van der Waals surface area contributed by atoms with Gasteiger partial charge < -0.3 is 20.1 Å². The van der Waals surface area contributed by atoms with Crippen molar-refractivity contribution in [3.8, 4) is 0 Å². The van der Waals surface area contributed by atoms with Crippen LogP contribution in [-0.2, 0) is 14.3 Å². The maximum absolute atomic E-state index is 12.4. The zero-order valence-electron chi connectivity index (χ0n) is 12.7. The zero-order chi connectivity index (χ0) is 16.1. The van der Waals surface area contributed by atoms with Gasteiger partial charge in [-0.05, 0) is 18.1 Å². The Labute approximate surface area is 129 Å². The molecule has 1 aliphatic rings. The fraction of sp³-hybridized carbons (Fsp3) is 0.375. The fourth-order valence-corrected chi connectivity index (χ4v) is 2.47. The van der Waals surface area contributed by atoms with Crippen molar-refractivity contribution in [2.75, 3.05) is 20.3 Å². The number of carbonyl (C=O) groups excluding carboxylic acids is 2. The number of methoxy groups -OCH3 is 1. The summed E-state index contributed by atoms with van der Waals surface area (Å²) in [7, 11) is 1.53. The van der Waals surface area contributed by atoms with Crippen LogP contribution < -0.4 is 10.6 Å². The van der Waals surface area contributed by atoms with Crippen LogP contribution in [0.4, 0.5) is 4.79 Å². The van der Waals surface area contributed by atoms with Crippen molar-refractivity contribution < 1.29 is 19.1 Å². The number of carbonyl (C=O) groups is 2. The molecule has 1 saturated heterocycles. The number of nitrogens with one attached hydrogen (secondary N) is 2. The van der Waals surface area contributed by atoms with Crippen LogP contribution in [0.3, 0.4) is 0 Å². The van der Waals surface area contributed by atoms with Gasteiger partial charge in [0.15, 0.2) is 0 Å². The summed E-state index contributed by atoms with van der Waals surface area (Å²) in [5.74, 6) is -1.13. The molecule has 0 radical (unpaired) electrons. The normalized spacial score (nSPS) is 21.0. The Kier molecular flexibility index (Phi) is 5.16. The Balaban J connectivity index is 2.26. The van der Waals surface area contributed by atoms with Crippen molar-refractivity contribution in [1.82, 2.24) is 10.6 Å². The lowest BCUT2D eigenvalue weighted by atomic mass is 9.87. The molecule has 2 amide bonds. The highest BCUT2D eigenvalue weighted by atomic mass is 16.6. The molecule has 1 aromatic carbocycles. The maximum Gasteiger partial charge on any atom is 0.319 e. The molecule has 0 bridgehead atoms. The number of benzene rings is 1. The molecule has 1 aromatic rings. The highest BCUT2D eigenvalue weighted by molar-refractivity contribution is 5.85. The van der Waals surface area contributed by atoms with Gasteiger partial charge in [-0.3, -0.25) is 4.79 Å². The lowest BCUT2D eigenvalue weighted by molar-refractivity contribution is -0.149. The molecule has 1 fully saturated rings. The highest BCUT2D eigenvalue weighted by Crippen LogP contribution is 2.31. The lowest BCUT2D eigenvalue weighted by Crippen LogP contribution is -2.51. The predicted molar refractivity (Wildman–Crippen MR) is 81.1 cm³/mol. The monoisotopic (exact) mass is 304 g/mol. The third-order valence-electron chi connectivity index (χ3n) is 3.58. The molecule has 1 heterocycles. The summed E-state index contributed by atoms with van der Waals surface area (Å²) in [5.41, 5.74) is 2.18. The second kappa shape index (κ2) is 7.09. The number of amides is 2. The molecule has 2 atom stereocenters. The van der Waals surface area contributed by atoms with Crippen LogP contribution in [0.1, 0.15) is 17.2 Å². The highest BCUT2D eigenvalue weighted by Gasteiger charge is 2.39. The van der Waals surface area contributed by atoms with Gasteiger partial charge in [-0.1, -0.05) is 30.8 Å². The number of esters is 1. The number of aryl methyl sites for hydroxylation is 1. The van der Waals surface area contributed by atoms with Crippen molar-refractivity contribution in [2.24, 2.45) is 5.92 Å². The summed E-state index contributed by atoms with van der Waals surface area (Å²) < 4.78 is 10.1. The van der Waals surface area contributed by atoms with Crippen molar-refractivity contribution in [1.29, 1.82) is 0 Å². The van der Waals surface area contributed by atoms with Gasteiger partial charge in [0.2, 0.25) is 0 Å². The van der Waals surface area contributed by atoms with E-state index >= 15 is 0 Å². The first-order valence-corrected chi connectivity index (χ1v) is 7.02. The largest absolute Gasteiger partial charge is 0.463 e. The van der Waals surface area contributed by atoms with Crippen molar-refractivity contribution >= 4 is 12.0 Å². The Morgan fingerprint density at radius 2 is 2.05 bits per heavy atom. The van der Waals surface area contributed by atoms with Gasteiger partial charge in [0.05, 0.1) is 12.6 Å². The minimum atomic E-state index is -0.685. The van der Waals surface area contributed by atoms with E-state index < -0.39 is 17.9 Å². The average Bonchev–Trinajstić information content (AvgIpc) is 2.47. The molecule has 22 heavy (non-hydrogen) atoms. The summed E-state index contributed by atoms with van der Waals surface area (Å²) >= 11 is 0. The minimum Gasteiger partial charge on any atom is -0.463 e. The summed E-state index contributed by atoms with van der Waals surface area (Å²) in [6.45, 7) is 6.21. The molecule has 0 aliphatic carbocycles. The predicted octanol–water partition coefficient (Wildman–Crippen LogP) is 1.67. The molecule has 2 N–H and O–H groups in total. The van der Waals surface area contributed by atoms with Crippen LogP contribution in [0.5, 0.6) is 0 Å². The van der Waals surface area contributed by atoms with E-state index in [1.807, 2.05) is 31.2 Å². The van der Waals surface area contributed by atoms with Crippen molar-refractivity contribution in [2.45, 2.75) is 13.0 Å². The zero-order valence-corrected chi connectivity index (χ0v) is 12.7. The second-order valence-corrected chi connectivity index (χ2v) is 5.10. The van der Waals surface area contributed by atoms with Crippen LogP contribution in [0.15, 0.2) is 36.5 Å². The van der Waals surface area contributed by atoms with Gasteiger partial charge in [-0.2, -0.15) is 0 Å².